The van der Waals surface area contributed by atoms with Gasteiger partial charge in [0.05, 0.1) is 5.69 Å². The minimum absolute atomic E-state index is 0.163. The zero-order valence-corrected chi connectivity index (χ0v) is 13.2. The van der Waals surface area contributed by atoms with Crippen LogP contribution in [0.5, 0.6) is 0 Å². The summed E-state index contributed by atoms with van der Waals surface area (Å²) in [6.45, 7) is 7.16. The summed E-state index contributed by atoms with van der Waals surface area (Å²) in [5, 5.41) is 3.27. The maximum atomic E-state index is 14.0. The highest BCUT2D eigenvalue weighted by Gasteiger charge is 2.10. The van der Waals surface area contributed by atoms with Gasteiger partial charge in [0.1, 0.15) is 5.82 Å². The molecule has 19 heavy (non-hydrogen) atoms. The number of nitrogens with one attached hydrogen (secondary N) is 1. The summed E-state index contributed by atoms with van der Waals surface area (Å²) in [5.74, 6) is 2.15. The first-order valence-electron chi connectivity index (χ1n) is 6.90. The molecule has 1 aromatic rings. The molecule has 0 saturated heterocycles. The summed E-state index contributed by atoms with van der Waals surface area (Å²) in [7, 11) is 1.91. The maximum absolute atomic E-state index is 14.0. The molecular formula is C15H25FN2S. The lowest BCUT2D eigenvalue weighted by Crippen LogP contribution is -2.26. The van der Waals surface area contributed by atoms with Crippen LogP contribution in [-0.4, -0.2) is 31.1 Å². The molecule has 0 radical (unpaired) electrons. The molecule has 0 aliphatic carbocycles. The molecule has 1 N–H and O–H groups in total. The first-order chi connectivity index (χ1) is 9.06. The highest BCUT2D eigenvalue weighted by molar-refractivity contribution is 7.99. The second-order valence-electron chi connectivity index (χ2n) is 4.85. The predicted octanol–water partition coefficient (Wildman–Crippen LogP) is 4.23. The van der Waals surface area contributed by atoms with Gasteiger partial charge >= 0.3 is 0 Å². The summed E-state index contributed by atoms with van der Waals surface area (Å²) >= 11 is 1.94. The zero-order valence-electron chi connectivity index (χ0n) is 12.4. The van der Waals surface area contributed by atoms with Gasteiger partial charge in [-0.05, 0) is 50.0 Å². The monoisotopic (exact) mass is 284 g/mol. The molecule has 0 aromatic heterocycles. The van der Waals surface area contributed by atoms with Crippen molar-refractivity contribution in [3.05, 3.63) is 24.0 Å². The number of rotatable bonds is 8. The van der Waals surface area contributed by atoms with E-state index in [-0.39, 0.29) is 5.82 Å². The number of benzene rings is 1. The summed E-state index contributed by atoms with van der Waals surface area (Å²) in [6, 6.07) is 5.67. The van der Waals surface area contributed by atoms with E-state index in [9.17, 15) is 4.39 Å². The molecule has 0 bridgehead atoms. The minimum atomic E-state index is -0.163. The van der Waals surface area contributed by atoms with Crippen LogP contribution in [0.1, 0.15) is 27.2 Å². The molecule has 0 aliphatic rings. The van der Waals surface area contributed by atoms with E-state index in [4.69, 9.17) is 0 Å². The Morgan fingerprint density at radius 3 is 2.68 bits per heavy atom. The molecule has 0 amide bonds. The summed E-state index contributed by atoms with van der Waals surface area (Å²) in [6.07, 6.45) is 1.10. The summed E-state index contributed by atoms with van der Waals surface area (Å²) in [4.78, 5) is 1.94. The van der Waals surface area contributed by atoms with E-state index in [0.29, 0.717) is 11.7 Å². The third-order valence-corrected chi connectivity index (χ3v) is 4.09. The SMILES string of the molecule is CCSCCCNc1ccc(N(C)C(C)C)c(F)c1. The molecule has 0 saturated carbocycles. The molecule has 1 rings (SSSR count). The number of anilines is 2. The Hall–Kier alpha value is -0.900. The van der Waals surface area contributed by atoms with Gasteiger partial charge in [0.2, 0.25) is 0 Å². The van der Waals surface area contributed by atoms with Crippen molar-refractivity contribution in [2.75, 3.05) is 35.3 Å². The van der Waals surface area contributed by atoms with Crippen molar-refractivity contribution in [2.24, 2.45) is 0 Å². The van der Waals surface area contributed by atoms with Crippen LogP contribution in [0.3, 0.4) is 0 Å². The van der Waals surface area contributed by atoms with Crippen LogP contribution >= 0.6 is 11.8 Å². The first-order valence-corrected chi connectivity index (χ1v) is 8.05. The van der Waals surface area contributed by atoms with E-state index < -0.39 is 0 Å². The topological polar surface area (TPSA) is 15.3 Å². The quantitative estimate of drug-likeness (QED) is 0.719. The average molecular weight is 284 g/mol. The van der Waals surface area contributed by atoms with E-state index in [1.54, 1.807) is 6.07 Å². The van der Waals surface area contributed by atoms with Crippen LogP contribution in [0, 0.1) is 5.82 Å². The van der Waals surface area contributed by atoms with Gasteiger partial charge in [-0.2, -0.15) is 11.8 Å². The molecule has 0 spiro atoms. The number of hydrogen-bond donors (Lipinski definition) is 1. The number of thioether (sulfide) groups is 1. The molecule has 0 aliphatic heterocycles. The van der Waals surface area contributed by atoms with Crippen LogP contribution < -0.4 is 10.2 Å². The van der Waals surface area contributed by atoms with E-state index in [2.05, 4.69) is 26.1 Å². The van der Waals surface area contributed by atoms with E-state index in [1.807, 2.05) is 35.8 Å². The third-order valence-electron chi connectivity index (χ3n) is 3.10. The van der Waals surface area contributed by atoms with E-state index in [1.165, 1.54) is 0 Å². The van der Waals surface area contributed by atoms with Gasteiger partial charge in [0.15, 0.2) is 0 Å². The second kappa shape index (κ2) is 8.31. The fraction of sp³-hybridized carbons (Fsp3) is 0.600. The van der Waals surface area contributed by atoms with Gasteiger partial charge < -0.3 is 10.2 Å². The lowest BCUT2D eigenvalue weighted by Gasteiger charge is -2.24. The zero-order chi connectivity index (χ0) is 14.3. The highest BCUT2D eigenvalue weighted by Crippen LogP contribution is 2.23. The Morgan fingerprint density at radius 1 is 1.37 bits per heavy atom. The van der Waals surface area contributed by atoms with Crippen LogP contribution in [0.25, 0.3) is 0 Å². The molecule has 0 unspecified atom stereocenters. The van der Waals surface area contributed by atoms with Gasteiger partial charge in [0, 0.05) is 25.3 Å². The van der Waals surface area contributed by atoms with Gasteiger partial charge in [-0.3, -0.25) is 0 Å². The molecule has 108 valence electrons. The van der Waals surface area contributed by atoms with Crippen molar-refractivity contribution in [3.8, 4) is 0 Å². The average Bonchev–Trinajstić information content (AvgIpc) is 2.38. The lowest BCUT2D eigenvalue weighted by molar-refractivity contribution is 0.614. The van der Waals surface area contributed by atoms with Crippen LogP contribution in [0.2, 0.25) is 0 Å². The highest BCUT2D eigenvalue weighted by atomic mass is 32.2. The van der Waals surface area contributed by atoms with Crippen LogP contribution in [-0.2, 0) is 0 Å². The number of halogens is 1. The second-order valence-corrected chi connectivity index (χ2v) is 6.24. The Morgan fingerprint density at radius 2 is 2.11 bits per heavy atom. The Labute approximate surface area is 120 Å². The van der Waals surface area contributed by atoms with Gasteiger partial charge in [-0.1, -0.05) is 6.92 Å². The fourth-order valence-corrected chi connectivity index (χ4v) is 2.37. The molecule has 0 atom stereocenters. The van der Waals surface area contributed by atoms with Gasteiger partial charge in [0.25, 0.3) is 0 Å². The fourth-order valence-electron chi connectivity index (χ4n) is 1.73. The summed E-state index contributed by atoms with van der Waals surface area (Å²) < 4.78 is 14.0. The lowest BCUT2D eigenvalue weighted by atomic mass is 10.2. The Balaban J connectivity index is 2.52. The number of hydrogen-bond acceptors (Lipinski definition) is 3. The molecule has 0 heterocycles. The van der Waals surface area contributed by atoms with Crippen LogP contribution in [0.4, 0.5) is 15.8 Å². The molecular weight excluding hydrogens is 259 g/mol. The van der Waals surface area contributed by atoms with Crippen molar-refractivity contribution >= 4 is 23.1 Å². The minimum Gasteiger partial charge on any atom is -0.385 e. The largest absolute Gasteiger partial charge is 0.385 e. The van der Waals surface area contributed by atoms with Crippen molar-refractivity contribution < 1.29 is 4.39 Å². The number of nitrogens with zero attached hydrogens (tertiary/aromatic N) is 1. The van der Waals surface area contributed by atoms with Crippen LogP contribution in [0.15, 0.2) is 18.2 Å². The summed E-state index contributed by atoms with van der Waals surface area (Å²) in [5.41, 5.74) is 1.52. The van der Waals surface area contributed by atoms with Gasteiger partial charge in [-0.25, -0.2) is 4.39 Å². The molecule has 4 heteroatoms. The van der Waals surface area contributed by atoms with Crippen molar-refractivity contribution in [3.63, 3.8) is 0 Å². The van der Waals surface area contributed by atoms with Crippen molar-refractivity contribution in [2.45, 2.75) is 33.2 Å². The van der Waals surface area contributed by atoms with Crippen molar-refractivity contribution in [1.82, 2.24) is 0 Å². The van der Waals surface area contributed by atoms with Crippen molar-refractivity contribution in [1.29, 1.82) is 0 Å². The molecule has 1 aromatic carbocycles. The standard InChI is InChI=1S/C15H25FN2S/c1-5-19-10-6-9-17-13-7-8-15(14(16)11-13)18(4)12(2)3/h7-8,11-12,17H,5-6,9-10H2,1-4H3. The Kier molecular flexibility index (Phi) is 7.06. The third kappa shape index (κ3) is 5.31. The smallest absolute Gasteiger partial charge is 0.148 e. The Bertz CT molecular complexity index is 382. The first kappa shape index (κ1) is 16.2. The maximum Gasteiger partial charge on any atom is 0.148 e. The van der Waals surface area contributed by atoms with E-state index >= 15 is 0 Å². The molecule has 0 fully saturated rings. The van der Waals surface area contributed by atoms with E-state index in [0.717, 1.165) is 30.2 Å². The van der Waals surface area contributed by atoms with Gasteiger partial charge in [-0.15, -0.1) is 0 Å². The predicted molar refractivity (Wildman–Crippen MR) is 86.0 cm³/mol. The molecule has 2 nitrogen and oxygen atoms in total. The normalized spacial score (nSPS) is 10.8.